The van der Waals surface area contributed by atoms with Crippen molar-refractivity contribution >= 4 is 17.5 Å². The Bertz CT molecular complexity index is 603. The number of hydrogen-bond donors (Lipinski definition) is 1. The minimum absolute atomic E-state index is 0.0636. The molecule has 1 N–H and O–H groups in total. The molecule has 0 bridgehead atoms. The lowest BCUT2D eigenvalue weighted by Crippen LogP contribution is -2.39. The quantitative estimate of drug-likeness (QED) is 0.900. The Hall–Kier alpha value is -1.91. The van der Waals surface area contributed by atoms with Crippen LogP contribution in [0.15, 0.2) is 24.3 Å². The fraction of sp³-hybridized carbons (Fsp3) is 0.600. The number of rotatable bonds is 3. The molecule has 1 aliphatic heterocycles. The lowest BCUT2D eigenvalue weighted by molar-refractivity contribution is -0.137. The summed E-state index contributed by atoms with van der Waals surface area (Å²) in [5.74, 6) is -0.158. The molecule has 25 heavy (non-hydrogen) atoms. The first-order valence-corrected chi connectivity index (χ1v) is 9.49. The van der Waals surface area contributed by atoms with Crippen molar-refractivity contribution in [2.24, 2.45) is 11.8 Å². The topological polar surface area (TPSA) is 49.4 Å². The number of nitrogens with one attached hydrogen (secondary N) is 1. The zero-order chi connectivity index (χ0) is 17.6. The molecule has 0 atom stereocenters. The Morgan fingerprint density at radius 3 is 2.24 bits per heavy atom. The van der Waals surface area contributed by atoms with Gasteiger partial charge in [-0.25, -0.2) is 4.39 Å². The number of halogens is 1. The van der Waals surface area contributed by atoms with E-state index in [4.69, 9.17) is 0 Å². The van der Waals surface area contributed by atoms with Gasteiger partial charge in [0.15, 0.2) is 0 Å². The summed E-state index contributed by atoms with van der Waals surface area (Å²) in [6.07, 6.45) is 7.66. The van der Waals surface area contributed by atoms with E-state index in [0.29, 0.717) is 5.69 Å². The van der Waals surface area contributed by atoms with E-state index in [1.165, 1.54) is 25.0 Å². The highest BCUT2D eigenvalue weighted by atomic mass is 19.1. The highest BCUT2D eigenvalue weighted by Crippen LogP contribution is 2.31. The third kappa shape index (κ3) is 4.80. The van der Waals surface area contributed by atoms with Crippen LogP contribution in [0.2, 0.25) is 0 Å². The largest absolute Gasteiger partial charge is 0.342 e. The van der Waals surface area contributed by atoms with Crippen molar-refractivity contribution in [1.29, 1.82) is 0 Å². The van der Waals surface area contributed by atoms with E-state index in [-0.39, 0.29) is 29.5 Å². The molecule has 2 amide bonds. The third-order valence-electron chi connectivity index (χ3n) is 5.46. The molecule has 1 heterocycles. The Morgan fingerprint density at radius 1 is 0.960 bits per heavy atom. The van der Waals surface area contributed by atoms with Crippen molar-refractivity contribution in [3.05, 3.63) is 30.1 Å². The molecule has 0 unspecified atom stereocenters. The van der Waals surface area contributed by atoms with Crippen molar-refractivity contribution < 1.29 is 14.0 Å². The molecule has 1 saturated heterocycles. The number of anilines is 1. The maximum atomic E-state index is 13.2. The molecule has 0 radical (unpaired) electrons. The Labute approximate surface area is 148 Å². The number of nitrogens with zero attached hydrogens (tertiary/aromatic N) is 1. The van der Waals surface area contributed by atoms with Gasteiger partial charge in [-0.3, -0.25) is 9.59 Å². The highest BCUT2D eigenvalue weighted by molar-refractivity contribution is 5.92. The summed E-state index contributed by atoms with van der Waals surface area (Å²) >= 11 is 0. The molecule has 2 aliphatic rings. The van der Waals surface area contributed by atoms with E-state index >= 15 is 0 Å². The van der Waals surface area contributed by atoms with Gasteiger partial charge < -0.3 is 10.2 Å². The van der Waals surface area contributed by atoms with Gasteiger partial charge in [0.2, 0.25) is 11.8 Å². The van der Waals surface area contributed by atoms with E-state index in [9.17, 15) is 14.0 Å². The van der Waals surface area contributed by atoms with E-state index in [1.54, 1.807) is 12.1 Å². The van der Waals surface area contributed by atoms with Gasteiger partial charge in [0, 0.05) is 30.6 Å². The molecular weight excluding hydrogens is 319 g/mol. The second-order valence-corrected chi connectivity index (χ2v) is 7.29. The molecule has 136 valence electrons. The number of hydrogen-bond acceptors (Lipinski definition) is 2. The fourth-order valence-corrected chi connectivity index (χ4v) is 3.96. The first-order chi connectivity index (χ1) is 12.1. The highest BCUT2D eigenvalue weighted by Gasteiger charge is 2.32. The van der Waals surface area contributed by atoms with Crippen LogP contribution in [-0.4, -0.2) is 29.8 Å². The first kappa shape index (κ1) is 17.9. The molecule has 5 heteroatoms. The van der Waals surface area contributed by atoms with Gasteiger partial charge in [0.25, 0.3) is 0 Å². The lowest BCUT2D eigenvalue weighted by atomic mass is 9.81. The molecule has 1 aromatic carbocycles. The van der Waals surface area contributed by atoms with Crippen LogP contribution in [0, 0.1) is 17.7 Å². The number of likely N-dealkylation sites (tertiary alicyclic amines) is 1. The van der Waals surface area contributed by atoms with Gasteiger partial charge in [-0.05, 0) is 56.7 Å². The maximum Gasteiger partial charge on any atom is 0.227 e. The summed E-state index contributed by atoms with van der Waals surface area (Å²) in [6, 6.07) is 5.96. The summed E-state index contributed by atoms with van der Waals surface area (Å²) in [5, 5.41) is 2.79. The molecule has 1 aromatic rings. The number of benzene rings is 1. The standard InChI is InChI=1S/C20H27FN2O2/c21-17-6-5-7-18(14-17)22-19(24)15-8-10-16(11-9-15)20(25)23-12-3-1-2-4-13-23/h5-7,14-16H,1-4,8-13H2,(H,22,24). The van der Waals surface area contributed by atoms with E-state index in [2.05, 4.69) is 5.32 Å². The molecule has 1 aliphatic carbocycles. The summed E-state index contributed by atoms with van der Waals surface area (Å²) in [6.45, 7) is 1.78. The molecular formula is C20H27FN2O2. The summed E-state index contributed by atoms with van der Waals surface area (Å²) in [7, 11) is 0. The van der Waals surface area contributed by atoms with Crippen LogP contribution in [-0.2, 0) is 9.59 Å². The average Bonchev–Trinajstić information content (AvgIpc) is 2.90. The number of amides is 2. The minimum atomic E-state index is -0.357. The van der Waals surface area contributed by atoms with Gasteiger partial charge in [-0.15, -0.1) is 0 Å². The zero-order valence-corrected chi connectivity index (χ0v) is 14.7. The SMILES string of the molecule is O=C(Nc1cccc(F)c1)C1CCC(C(=O)N2CCCCCC2)CC1. The van der Waals surface area contributed by atoms with Crippen molar-refractivity contribution in [2.75, 3.05) is 18.4 Å². The predicted octanol–water partition coefficient (Wildman–Crippen LogP) is 3.97. The third-order valence-corrected chi connectivity index (χ3v) is 5.46. The monoisotopic (exact) mass is 346 g/mol. The van der Waals surface area contributed by atoms with Gasteiger partial charge in [-0.1, -0.05) is 18.9 Å². The van der Waals surface area contributed by atoms with Crippen LogP contribution in [0.25, 0.3) is 0 Å². The summed E-state index contributed by atoms with van der Waals surface area (Å²) in [5.41, 5.74) is 0.493. The Morgan fingerprint density at radius 2 is 1.60 bits per heavy atom. The van der Waals surface area contributed by atoms with Gasteiger partial charge in [-0.2, -0.15) is 0 Å². The second-order valence-electron chi connectivity index (χ2n) is 7.29. The summed E-state index contributed by atoms with van der Waals surface area (Å²) in [4.78, 5) is 27.1. The lowest BCUT2D eigenvalue weighted by Gasteiger charge is -2.31. The molecule has 2 fully saturated rings. The van der Waals surface area contributed by atoms with E-state index < -0.39 is 0 Å². The van der Waals surface area contributed by atoms with Crippen molar-refractivity contribution in [2.45, 2.75) is 51.4 Å². The molecule has 3 rings (SSSR count). The van der Waals surface area contributed by atoms with Crippen LogP contribution in [0.3, 0.4) is 0 Å². The number of carbonyl (C=O) groups is 2. The average molecular weight is 346 g/mol. The molecule has 0 aromatic heterocycles. The Kier molecular flexibility index (Phi) is 6.05. The maximum absolute atomic E-state index is 13.2. The Balaban J connectivity index is 1.49. The normalized spacial score (nSPS) is 24.4. The van der Waals surface area contributed by atoms with E-state index in [0.717, 1.165) is 51.6 Å². The van der Waals surface area contributed by atoms with E-state index in [1.807, 2.05) is 4.90 Å². The van der Waals surface area contributed by atoms with Crippen LogP contribution in [0.4, 0.5) is 10.1 Å². The van der Waals surface area contributed by atoms with Crippen LogP contribution < -0.4 is 5.32 Å². The predicted molar refractivity (Wildman–Crippen MR) is 95.5 cm³/mol. The fourth-order valence-electron chi connectivity index (χ4n) is 3.96. The van der Waals surface area contributed by atoms with Crippen molar-refractivity contribution in [3.63, 3.8) is 0 Å². The van der Waals surface area contributed by atoms with Gasteiger partial charge >= 0.3 is 0 Å². The van der Waals surface area contributed by atoms with Crippen molar-refractivity contribution in [3.8, 4) is 0 Å². The van der Waals surface area contributed by atoms with Crippen molar-refractivity contribution in [1.82, 2.24) is 4.90 Å². The number of carbonyl (C=O) groups excluding carboxylic acids is 2. The van der Waals surface area contributed by atoms with Gasteiger partial charge in [0.05, 0.1) is 0 Å². The molecule has 1 saturated carbocycles. The smallest absolute Gasteiger partial charge is 0.227 e. The van der Waals surface area contributed by atoms with Crippen LogP contribution >= 0.6 is 0 Å². The first-order valence-electron chi connectivity index (χ1n) is 9.49. The zero-order valence-electron chi connectivity index (χ0n) is 14.7. The van der Waals surface area contributed by atoms with Crippen LogP contribution in [0.1, 0.15) is 51.4 Å². The summed E-state index contributed by atoms with van der Waals surface area (Å²) < 4.78 is 13.2. The molecule has 4 nitrogen and oxygen atoms in total. The molecule has 0 spiro atoms. The van der Waals surface area contributed by atoms with Gasteiger partial charge in [0.1, 0.15) is 5.82 Å². The minimum Gasteiger partial charge on any atom is -0.342 e. The second kappa shape index (κ2) is 8.45. The van der Waals surface area contributed by atoms with Crippen LogP contribution in [0.5, 0.6) is 0 Å².